The smallest absolute Gasteiger partial charge is 0.135 e. The van der Waals surface area contributed by atoms with Crippen LogP contribution in [0.4, 0.5) is 5.69 Å². The predicted octanol–water partition coefficient (Wildman–Crippen LogP) is 2.80. The summed E-state index contributed by atoms with van der Waals surface area (Å²) in [6.07, 6.45) is 1.31. The number of anilines is 1. The summed E-state index contributed by atoms with van der Waals surface area (Å²) in [5, 5.41) is 14.0. The standard InChI is InChI=1S/C14H20BrNO3/c1-10(14(17)6-8-19-9-7-14)16-11-4-3-5-12(18-2)13(11)15/h3-5,10,16-17H,6-9H2,1-2H3. The average molecular weight is 330 g/mol. The average Bonchev–Trinajstić information content (AvgIpc) is 2.42. The minimum absolute atomic E-state index is 0.0557. The van der Waals surface area contributed by atoms with Crippen LogP contribution in [0.1, 0.15) is 19.8 Å². The minimum Gasteiger partial charge on any atom is -0.495 e. The maximum absolute atomic E-state index is 10.6. The van der Waals surface area contributed by atoms with Crippen LogP contribution < -0.4 is 10.1 Å². The van der Waals surface area contributed by atoms with Crippen molar-refractivity contribution >= 4 is 21.6 Å². The first-order chi connectivity index (χ1) is 9.07. The van der Waals surface area contributed by atoms with E-state index < -0.39 is 5.60 Å². The fourth-order valence-corrected chi connectivity index (χ4v) is 2.85. The lowest BCUT2D eigenvalue weighted by Gasteiger charge is -2.38. The molecule has 1 aliphatic rings. The van der Waals surface area contributed by atoms with Gasteiger partial charge in [0, 0.05) is 26.1 Å². The quantitative estimate of drug-likeness (QED) is 0.891. The molecule has 1 unspecified atom stereocenters. The Morgan fingerprint density at radius 2 is 2.11 bits per heavy atom. The maximum Gasteiger partial charge on any atom is 0.135 e. The molecule has 106 valence electrons. The number of ether oxygens (including phenoxy) is 2. The van der Waals surface area contributed by atoms with Gasteiger partial charge < -0.3 is 19.9 Å². The van der Waals surface area contributed by atoms with Crippen LogP contribution in [0.25, 0.3) is 0 Å². The molecule has 2 N–H and O–H groups in total. The first-order valence-corrected chi connectivity index (χ1v) is 7.25. The van der Waals surface area contributed by atoms with Crippen LogP contribution >= 0.6 is 15.9 Å². The van der Waals surface area contributed by atoms with Crippen molar-refractivity contribution in [2.45, 2.75) is 31.4 Å². The van der Waals surface area contributed by atoms with Gasteiger partial charge in [0.1, 0.15) is 5.75 Å². The van der Waals surface area contributed by atoms with Crippen LogP contribution in [0.15, 0.2) is 22.7 Å². The third-order valence-corrected chi connectivity index (χ3v) is 4.54. The van der Waals surface area contributed by atoms with E-state index in [9.17, 15) is 5.11 Å². The van der Waals surface area contributed by atoms with Gasteiger partial charge in [-0.1, -0.05) is 6.07 Å². The van der Waals surface area contributed by atoms with Gasteiger partial charge in [-0.25, -0.2) is 0 Å². The molecule has 1 aromatic rings. The summed E-state index contributed by atoms with van der Waals surface area (Å²) in [5.41, 5.74) is 0.201. The van der Waals surface area contributed by atoms with Gasteiger partial charge in [0.05, 0.1) is 28.9 Å². The maximum atomic E-state index is 10.6. The number of halogens is 1. The molecule has 1 fully saturated rings. The number of nitrogens with one attached hydrogen (secondary N) is 1. The molecular weight excluding hydrogens is 310 g/mol. The second-order valence-corrected chi connectivity index (χ2v) is 5.70. The Hall–Kier alpha value is -0.780. The van der Waals surface area contributed by atoms with Gasteiger partial charge in [-0.3, -0.25) is 0 Å². The normalized spacial score (nSPS) is 19.8. The van der Waals surface area contributed by atoms with Crippen LogP contribution in [0.5, 0.6) is 5.75 Å². The molecule has 0 radical (unpaired) electrons. The second-order valence-electron chi connectivity index (χ2n) is 4.90. The van der Waals surface area contributed by atoms with E-state index in [1.54, 1.807) is 7.11 Å². The Bertz CT molecular complexity index is 433. The summed E-state index contributed by atoms with van der Waals surface area (Å²) in [6, 6.07) is 5.72. The Morgan fingerprint density at radius 3 is 2.74 bits per heavy atom. The Balaban J connectivity index is 2.12. The Kier molecular flexibility index (Phi) is 4.71. The summed E-state index contributed by atoms with van der Waals surface area (Å²) in [4.78, 5) is 0. The van der Waals surface area contributed by atoms with Crippen molar-refractivity contribution < 1.29 is 14.6 Å². The largest absolute Gasteiger partial charge is 0.495 e. The molecule has 5 heteroatoms. The highest BCUT2D eigenvalue weighted by atomic mass is 79.9. The zero-order valence-corrected chi connectivity index (χ0v) is 12.9. The molecule has 0 saturated carbocycles. The summed E-state index contributed by atoms with van der Waals surface area (Å²) in [6.45, 7) is 3.22. The molecule has 1 aliphatic heterocycles. The number of methoxy groups -OCH3 is 1. The molecule has 19 heavy (non-hydrogen) atoms. The van der Waals surface area contributed by atoms with Crippen LogP contribution in [0, 0.1) is 0 Å². The summed E-state index contributed by atoms with van der Waals surface area (Å²) in [7, 11) is 1.64. The molecule has 4 nitrogen and oxygen atoms in total. The zero-order chi connectivity index (χ0) is 13.9. The van der Waals surface area contributed by atoms with Gasteiger partial charge in [0.25, 0.3) is 0 Å². The summed E-state index contributed by atoms with van der Waals surface area (Å²) < 4.78 is 11.5. The number of hydrogen-bond acceptors (Lipinski definition) is 4. The zero-order valence-electron chi connectivity index (χ0n) is 11.3. The molecular formula is C14H20BrNO3. The third kappa shape index (κ3) is 3.22. The van der Waals surface area contributed by atoms with Crippen molar-refractivity contribution in [1.82, 2.24) is 0 Å². The van der Waals surface area contributed by atoms with E-state index in [0.717, 1.165) is 15.9 Å². The van der Waals surface area contributed by atoms with Gasteiger partial charge in [-0.2, -0.15) is 0 Å². The summed E-state index contributed by atoms with van der Waals surface area (Å²) >= 11 is 3.52. The van der Waals surface area contributed by atoms with E-state index >= 15 is 0 Å². The topological polar surface area (TPSA) is 50.7 Å². The predicted molar refractivity (Wildman–Crippen MR) is 78.8 cm³/mol. The summed E-state index contributed by atoms with van der Waals surface area (Å²) in [5.74, 6) is 0.774. The molecule has 1 atom stereocenters. The van der Waals surface area contributed by atoms with Crippen LogP contribution in [-0.4, -0.2) is 37.1 Å². The van der Waals surface area contributed by atoms with Gasteiger partial charge in [-0.05, 0) is 35.0 Å². The number of aliphatic hydroxyl groups is 1. The van der Waals surface area contributed by atoms with Crippen molar-refractivity contribution in [3.8, 4) is 5.75 Å². The first kappa shape index (κ1) is 14.6. The molecule has 2 rings (SSSR count). The number of hydrogen-bond donors (Lipinski definition) is 2. The van der Waals surface area contributed by atoms with Crippen molar-refractivity contribution in [1.29, 1.82) is 0 Å². The van der Waals surface area contributed by atoms with Crippen molar-refractivity contribution in [2.75, 3.05) is 25.6 Å². The van der Waals surface area contributed by atoms with Gasteiger partial charge in [0.2, 0.25) is 0 Å². The molecule has 1 saturated heterocycles. The number of rotatable bonds is 4. The van der Waals surface area contributed by atoms with Crippen molar-refractivity contribution in [2.24, 2.45) is 0 Å². The molecule has 0 spiro atoms. The fourth-order valence-electron chi connectivity index (χ4n) is 2.31. The molecule has 0 bridgehead atoms. The fraction of sp³-hybridized carbons (Fsp3) is 0.571. The lowest BCUT2D eigenvalue weighted by atomic mass is 9.87. The van der Waals surface area contributed by atoms with Gasteiger partial charge >= 0.3 is 0 Å². The van der Waals surface area contributed by atoms with E-state index in [4.69, 9.17) is 9.47 Å². The van der Waals surface area contributed by atoms with Crippen LogP contribution in [0.2, 0.25) is 0 Å². The van der Waals surface area contributed by atoms with Crippen molar-refractivity contribution in [3.63, 3.8) is 0 Å². The molecule has 1 aromatic carbocycles. The SMILES string of the molecule is COc1cccc(NC(C)C2(O)CCOCC2)c1Br. The lowest BCUT2D eigenvalue weighted by molar-refractivity contribution is -0.0711. The first-order valence-electron chi connectivity index (χ1n) is 6.46. The highest BCUT2D eigenvalue weighted by Crippen LogP contribution is 2.34. The van der Waals surface area contributed by atoms with Crippen LogP contribution in [0.3, 0.4) is 0 Å². The number of benzene rings is 1. The van der Waals surface area contributed by atoms with E-state index in [-0.39, 0.29) is 6.04 Å². The highest BCUT2D eigenvalue weighted by molar-refractivity contribution is 9.10. The third-order valence-electron chi connectivity index (χ3n) is 3.72. The van der Waals surface area contributed by atoms with Gasteiger partial charge in [-0.15, -0.1) is 0 Å². The van der Waals surface area contributed by atoms with Crippen LogP contribution in [-0.2, 0) is 4.74 Å². The molecule has 0 amide bonds. The van der Waals surface area contributed by atoms with E-state index in [2.05, 4.69) is 21.2 Å². The molecule has 1 heterocycles. The monoisotopic (exact) mass is 329 g/mol. The Labute approximate surface area is 122 Å². The van der Waals surface area contributed by atoms with E-state index in [1.807, 2.05) is 25.1 Å². The second kappa shape index (κ2) is 6.11. The highest BCUT2D eigenvalue weighted by Gasteiger charge is 2.35. The molecule has 0 aliphatic carbocycles. The molecule has 0 aromatic heterocycles. The minimum atomic E-state index is -0.721. The lowest BCUT2D eigenvalue weighted by Crippen LogP contribution is -2.49. The van der Waals surface area contributed by atoms with E-state index in [0.29, 0.717) is 26.1 Å². The van der Waals surface area contributed by atoms with Crippen molar-refractivity contribution in [3.05, 3.63) is 22.7 Å². The van der Waals surface area contributed by atoms with E-state index in [1.165, 1.54) is 0 Å². The Morgan fingerprint density at radius 1 is 1.42 bits per heavy atom. The van der Waals surface area contributed by atoms with Gasteiger partial charge in [0.15, 0.2) is 0 Å².